The molecule has 1 aromatic carbocycles. The van der Waals surface area contributed by atoms with E-state index in [1.54, 1.807) is 12.5 Å². The number of nitrogens with zero attached hydrogens (tertiary/aromatic N) is 5. The lowest BCUT2D eigenvalue weighted by molar-refractivity contribution is -0.120. The predicted octanol–water partition coefficient (Wildman–Crippen LogP) is 3.75. The summed E-state index contributed by atoms with van der Waals surface area (Å²) in [6.45, 7) is 9.63. The first-order valence-electron chi connectivity index (χ1n) is 10.6. The van der Waals surface area contributed by atoms with Crippen LogP contribution in [0, 0.1) is 19.8 Å². The minimum absolute atomic E-state index is 0.0139. The van der Waals surface area contributed by atoms with Gasteiger partial charge < -0.3 is 5.32 Å². The minimum atomic E-state index is -0.0139. The first-order valence-corrected chi connectivity index (χ1v) is 10.6. The molecule has 0 aliphatic rings. The number of para-hydroxylation sites is 2. The molecule has 3 aromatic heterocycles. The van der Waals surface area contributed by atoms with Crippen molar-refractivity contribution in [2.24, 2.45) is 5.92 Å². The quantitative estimate of drug-likeness (QED) is 0.498. The van der Waals surface area contributed by atoms with E-state index < -0.39 is 0 Å². The summed E-state index contributed by atoms with van der Waals surface area (Å²) in [7, 11) is 0. The Balaban J connectivity index is 1.39. The number of carbonyl (C=O) groups is 1. The highest BCUT2D eigenvalue weighted by Gasteiger charge is 2.15. The van der Waals surface area contributed by atoms with Crippen LogP contribution in [0.15, 0.2) is 48.9 Å². The van der Waals surface area contributed by atoms with E-state index in [1.807, 2.05) is 59.5 Å². The summed E-state index contributed by atoms with van der Waals surface area (Å²) in [6.07, 6.45) is 3.91. The van der Waals surface area contributed by atoms with E-state index >= 15 is 0 Å². The Labute approximate surface area is 182 Å². The number of hydrogen-bond donors (Lipinski definition) is 1. The van der Waals surface area contributed by atoms with Crippen molar-refractivity contribution >= 4 is 16.9 Å². The van der Waals surface area contributed by atoms with Gasteiger partial charge in [-0.3, -0.25) is 14.0 Å². The summed E-state index contributed by atoms with van der Waals surface area (Å²) >= 11 is 0. The van der Waals surface area contributed by atoms with Crippen LogP contribution in [0.25, 0.3) is 16.9 Å². The third-order valence-electron chi connectivity index (χ3n) is 5.41. The van der Waals surface area contributed by atoms with E-state index in [1.165, 1.54) is 0 Å². The molecule has 0 atom stereocenters. The molecule has 0 unspecified atom stereocenters. The number of nitrogens with one attached hydrogen (secondary N) is 1. The highest BCUT2D eigenvalue weighted by Crippen LogP contribution is 2.17. The molecule has 1 N–H and O–H groups in total. The van der Waals surface area contributed by atoms with Crippen LogP contribution < -0.4 is 5.32 Å². The number of aryl methyl sites for hydroxylation is 1. The zero-order valence-electron chi connectivity index (χ0n) is 18.5. The van der Waals surface area contributed by atoms with Gasteiger partial charge in [0.2, 0.25) is 5.91 Å². The van der Waals surface area contributed by atoms with Crippen molar-refractivity contribution in [1.29, 1.82) is 0 Å². The number of benzene rings is 1. The van der Waals surface area contributed by atoms with Crippen molar-refractivity contribution in [2.75, 3.05) is 0 Å². The normalized spacial score (nSPS) is 11.4. The molecule has 0 aliphatic heterocycles. The highest BCUT2D eigenvalue weighted by atomic mass is 16.1. The molecule has 0 aliphatic carbocycles. The first kappa shape index (κ1) is 20.8. The second-order valence-corrected chi connectivity index (χ2v) is 8.31. The van der Waals surface area contributed by atoms with Gasteiger partial charge in [0.05, 0.1) is 23.1 Å². The van der Waals surface area contributed by atoms with E-state index in [2.05, 4.69) is 34.2 Å². The van der Waals surface area contributed by atoms with Crippen LogP contribution in [0.4, 0.5) is 0 Å². The number of rotatable bonds is 7. The first-order chi connectivity index (χ1) is 14.9. The molecule has 0 saturated carbocycles. The largest absolute Gasteiger partial charge is 0.352 e. The molecule has 4 rings (SSSR count). The van der Waals surface area contributed by atoms with Gasteiger partial charge in [-0.15, -0.1) is 0 Å². The Bertz CT molecular complexity index is 1200. The van der Waals surface area contributed by atoms with Gasteiger partial charge in [-0.2, -0.15) is 5.10 Å². The third-order valence-corrected chi connectivity index (χ3v) is 5.41. The van der Waals surface area contributed by atoms with E-state index in [9.17, 15) is 4.79 Å². The van der Waals surface area contributed by atoms with Crippen LogP contribution in [-0.4, -0.2) is 30.2 Å². The number of aromatic nitrogens is 5. The average molecular weight is 417 g/mol. The topological polar surface area (TPSA) is 77.6 Å². The van der Waals surface area contributed by atoms with Crippen LogP contribution in [-0.2, 0) is 24.3 Å². The summed E-state index contributed by atoms with van der Waals surface area (Å²) in [5, 5.41) is 7.60. The lowest BCUT2D eigenvalue weighted by atomic mass is 10.1. The number of carbonyl (C=O) groups excluding carboxylic acids is 1. The van der Waals surface area contributed by atoms with Gasteiger partial charge in [0.25, 0.3) is 0 Å². The second-order valence-electron chi connectivity index (χ2n) is 8.31. The monoisotopic (exact) mass is 416 g/mol. The molecule has 0 fully saturated rings. The van der Waals surface area contributed by atoms with E-state index in [-0.39, 0.29) is 5.91 Å². The highest BCUT2D eigenvalue weighted by molar-refractivity contribution is 5.79. The zero-order chi connectivity index (χ0) is 22.0. The maximum atomic E-state index is 12.5. The predicted molar refractivity (Wildman–Crippen MR) is 121 cm³/mol. The molecular weight excluding hydrogens is 388 g/mol. The van der Waals surface area contributed by atoms with Crippen LogP contribution in [0.5, 0.6) is 0 Å². The smallest absolute Gasteiger partial charge is 0.224 e. The lowest BCUT2D eigenvalue weighted by Gasteiger charge is -2.09. The Hall–Kier alpha value is -3.48. The summed E-state index contributed by atoms with van der Waals surface area (Å²) in [5.74, 6) is 1.29. The van der Waals surface area contributed by atoms with Crippen molar-refractivity contribution < 1.29 is 4.79 Å². The summed E-state index contributed by atoms with van der Waals surface area (Å²) < 4.78 is 3.96. The molecule has 160 valence electrons. The van der Waals surface area contributed by atoms with Gasteiger partial charge in [-0.1, -0.05) is 32.0 Å². The van der Waals surface area contributed by atoms with Crippen LogP contribution in [0.3, 0.4) is 0 Å². The van der Waals surface area contributed by atoms with Gasteiger partial charge in [0.1, 0.15) is 12.1 Å². The molecule has 0 saturated heterocycles. The molecular formula is C24H28N6O. The Morgan fingerprint density at radius 3 is 2.65 bits per heavy atom. The van der Waals surface area contributed by atoms with Crippen molar-refractivity contribution in [3.05, 3.63) is 71.4 Å². The van der Waals surface area contributed by atoms with E-state index in [0.29, 0.717) is 18.9 Å². The fourth-order valence-electron chi connectivity index (χ4n) is 3.74. The van der Waals surface area contributed by atoms with Gasteiger partial charge >= 0.3 is 0 Å². The van der Waals surface area contributed by atoms with E-state index in [0.717, 1.165) is 45.9 Å². The molecule has 0 bridgehead atoms. The summed E-state index contributed by atoms with van der Waals surface area (Å²) in [5.41, 5.74) is 5.90. The number of amides is 1. The third kappa shape index (κ3) is 4.50. The van der Waals surface area contributed by atoms with Crippen molar-refractivity contribution in [3.8, 4) is 5.82 Å². The Kier molecular flexibility index (Phi) is 5.84. The fourth-order valence-corrected chi connectivity index (χ4v) is 3.74. The number of imidazole rings is 1. The molecule has 0 radical (unpaired) electrons. The summed E-state index contributed by atoms with van der Waals surface area (Å²) in [4.78, 5) is 21.5. The maximum absolute atomic E-state index is 12.5. The van der Waals surface area contributed by atoms with Crippen LogP contribution in [0.2, 0.25) is 0 Å². The fraction of sp³-hybridized carbons (Fsp3) is 0.333. The van der Waals surface area contributed by atoms with Crippen LogP contribution >= 0.6 is 0 Å². The number of pyridine rings is 1. The Morgan fingerprint density at radius 2 is 1.90 bits per heavy atom. The summed E-state index contributed by atoms with van der Waals surface area (Å²) in [6, 6.07) is 11.9. The maximum Gasteiger partial charge on any atom is 0.224 e. The lowest BCUT2D eigenvalue weighted by Crippen LogP contribution is -2.25. The van der Waals surface area contributed by atoms with Crippen molar-refractivity contribution in [2.45, 2.75) is 47.2 Å². The SMILES string of the molecule is Cc1nn(CC(C)C)c(C)c1CC(=O)NCc1ccc(-n2cnc3ccccc32)nc1. The zero-order valence-corrected chi connectivity index (χ0v) is 18.5. The minimum Gasteiger partial charge on any atom is -0.352 e. The van der Waals surface area contributed by atoms with Gasteiger partial charge in [0, 0.05) is 30.5 Å². The molecule has 7 nitrogen and oxygen atoms in total. The average Bonchev–Trinajstić information content (AvgIpc) is 3.29. The van der Waals surface area contributed by atoms with Crippen molar-refractivity contribution in [3.63, 3.8) is 0 Å². The number of hydrogen-bond acceptors (Lipinski definition) is 4. The van der Waals surface area contributed by atoms with Gasteiger partial charge in [0.15, 0.2) is 0 Å². The molecule has 0 spiro atoms. The molecule has 4 aromatic rings. The second kappa shape index (κ2) is 8.71. The molecule has 3 heterocycles. The standard InChI is InChI=1S/C24H28N6O/c1-16(2)14-30-18(4)20(17(3)28-30)11-24(31)26-13-19-9-10-23(25-12-19)29-15-27-21-7-5-6-8-22(21)29/h5-10,12,15-16H,11,13-14H2,1-4H3,(H,26,31). The Morgan fingerprint density at radius 1 is 1.10 bits per heavy atom. The number of fused-ring (bicyclic) bond motifs is 1. The van der Waals surface area contributed by atoms with Crippen molar-refractivity contribution in [1.82, 2.24) is 29.6 Å². The molecule has 7 heteroatoms. The van der Waals surface area contributed by atoms with Gasteiger partial charge in [-0.25, -0.2) is 9.97 Å². The van der Waals surface area contributed by atoms with Gasteiger partial charge in [-0.05, 0) is 43.5 Å². The van der Waals surface area contributed by atoms with Crippen LogP contribution in [0.1, 0.15) is 36.4 Å². The van der Waals surface area contributed by atoms with E-state index in [4.69, 9.17) is 0 Å². The molecule has 31 heavy (non-hydrogen) atoms. The molecule has 1 amide bonds.